The molecule has 1 atom stereocenters. The molecule has 0 aliphatic rings. The van der Waals surface area contributed by atoms with Gasteiger partial charge in [-0.05, 0) is 63.8 Å². The van der Waals surface area contributed by atoms with Gasteiger partial charge in [0, 0.05) is 0 Å². The maximum atomic E-state index is 12.8. The van der Waals surface area contributed by atoms with Crippen molar-refractivity contribution in [1.29, 1.82) is 0 Å². The van der Waals surface area contributed by atoms with Gasteiger partial charge in [0.1, 0.15) is 11.7 Å². The van der Waals surface area contributed by atoms with Gasteiger partial charge in [-0.2, -0.15) is 0 Å². The average molecular weight is 529 g/mol. The van der Waals surface area contributed by atoms with Crippen molar-refractivity contribution in [2.75, 3.05) is 27.9 Å². The third-order valence-corrected chi connectivity index (χ3v) is 9.59. The van der Waals surface area contributed by atoms with Crippen molar-refractivity contribution < 1.29 is 32.6 Å². The Bertz CT molecular complexity index is 784. The molecular weight excluding hydrogens is 485 g/mol. The minimum Gasteiger partial charge on any atom is -0.496 e. The third kappa shape index (κ3) is 11.2. The summed E-state index contributed by atoms with van der Waals surface area (Å²) in [5.41, 5.74) is 0.622. The predicted molar refractivity (Wildman–Crippen MR) is 145 cm³/mol. The fraction of sp³-hybridized carbons (Fsp3) is 0.625. The van der Waals surface area contributed by atoms with Gasteiger partial charge in [-0.1, -0.05) is 25.1 Å². The molecule has 0 saturated heterocycles. The van der Waals surface area contributed by atoms with Crippen LogP contribution >= 0.6 is 0 Å². The van der Waals surface area contributed by atoms with Gasteiger partial charge in [0.15, 0.2) is 22.4 Å². The van der Waals surface area contributed by atoms with Crippen molar-refractivity contribution in [3.05, 3.63) is 35.6 Å². The molecule has 0 N–H and O–H groups in total. The Morgan fingerprint density at radius 3 is 2.03 bits per heavy atom. The summed E-state index contributed by atoms with van der Waals surface area (Å²) in [5, 5.41) is 0. The Labute approximate surface area is 210 Å². The van der Waals surface area contributed by atoms with E-state index >= 15 is 0 Å². The quantitative estimate of drug-likeness (QED) is 0.106. The van der Waals surface area contributed by atoms with Crippen LogP contribution in [-0.4, -0.2) is 66.0 Å². The van der Waals surface area contributed by atoms with E-state index in [-0.39, 0.29) is 17.4 Å². The first-order valence-corrected chi connectivity index (χ1v) is 20.4. The van der Waals surface area contributed by atoms with Crippen LogP contribution in [0.1, 0.15) is 18.9 Å². The van der Waals surface area contributed by atoms with Crippen molar-refractivity contribution in [2.45, 2.75) is 64.6 Å². The van der Waals surface area contributed by atoms with E-state index in [1.807, 2.05) is 12.1 Å². The Morgan fingerprint density at radius 1 is 0.941 bits per heavy atom. The zero-order valence-corrected chi connectivity index (χ0v) is 26.1. The number of esters is 1. The lowest BCUT2D eigenvalue weighted by atomic mass is 10.1. The fourth-order valence-electron chi connectivity index (χ4n) is 3.34. The SMILES string of the molecule is COC(C(=O)OCCC(C)C[SiH2]C(O[Si](C)(C)C)O[Si](C)(C)C)=C(OC)c1ccccc1OC. The summed E-state index contributed by atoms with van der Waals surface area (Å²) in [6, 6.07) is 8.35. The highest BCUT2D eigenvalue weighted by atomic mass is 28.4. The lowest BCUT2D eigenvalue weighted by molar-refractivity contribution is -0.143. The maximum Gasteiger partial charge on any atom is 0.377 e. The second-order valence-electron chi connectivity index (χ2n) is 10.3. The zero-order chi connectivity index (χ0) is 25.9. The predicted octanol–water partition coefficient (Wildman–Crippen LogP) is 4.80. The van der Waals surface area contributed by atoms with E-state index in [1.165, 1.54) is 14.2 Å². The van der Waals surface area contributed by atoms with Crippen LogP contribution in [-0.2, 0) is 27.9 Å². The van der Waals surface area contributed by atoms with E-state index in [2.05, 4.69) is 46.2 Å². The zero-order valence-electron chi connectivity index (χ0n) is 22.7. The van der Waals surface area contributed by atoms with Crippen molar-refractivity contribution in [3.63, 3.8) is 0 Å². The molecule has 194 valence electrons. The first kappa shape index (κ1) is 30.4. The smallest absolute Gasteiger partial charge is 0.377 e. The first-order valence-electron chi connectivity index (χ1n) is 11.8. The van der Waals surface area contributed by atoms with Crippen molar-refractivity contribution in [2.24, 2.45) is 5.92 Å². The van der Waals surface area contributed by atoms with Crippen molar-refractivity contribution >= 4 is 37.9 Å². The maximum absolute atomic E-state index is 12.8. The molecule has 0 saturated carbocycles. The number of ether oxygens (including phenoxy) is 4. The largest absolute Gasteiger partial charge is 0.496 e. The molecule has 0 fully saturated rings. The molecule has 0 spiro atoms. The molecule has 0 aliphatic heterocycles. The molecular formula is C24H44O7Si3. The molecule has 1 aromatic carbocycles. The van der Waals surface area contributed by atoms with Gasteiger partial charge in [-0.3, -0.25) is 0 Å². The molecule has 1 aromatic rings. The van der Waals surface area contributed by atoms with Gasteiger partial charge in [0.05, 0.1) is 43.0 Å². The van der Waals surface area contributed by atoms with Gasteiger partial charge in [-0.25, -0.2) is 4.79 Å². The topological polar surface area (TPSA) is 72.5 Å². The van der Waals surface area contributed by atoms with Crippen LogP contribution in [0.3, 0.4) is 0 Å². The number of para-hydroxylation sites is 1. The molecule has 0 radical (unpaired) electrons. The molecule has 7 nitrogen and oxygen atoms in total. The summed E-state index contributed by atoms with van der Waals surface area (Å²) < 4.78 is 34.4. The molecule has 10 heteroatoms. The summed E-state index contributed by atoms with van der Waals surface area (Å²) >= 11 is 0. The number of benzene rings is 1. The second-order valence-corrected chi connectivity index (χ2v) is 21.0. The number of carbonyl (C=O) groups is 1. The molecule has 0 aliphatic carbocycles. The second kappa shape index (κ2) is 14.1. The highest BCUT2D eigenvalue weighted by Crippen LogP contribution is 2.29. The van der Waals surface area contributed by atoms with Gasteiger partial charge in [0.25, 0.3) is 0 Å². The molecule has 0 amide bonds. The Kier molecular flexibility index (Phi) is 12.6. The van der Waals surface area contributed by atoms with Crippen molar-refractivity contribution in [1.82, 2.24) is 0 Å². The first-order chi connectivity index (χ1) is 15.8. The van der Waals surface area contributed by atoms with E-state index in [0.717, 1.165) is 12.5 Å². The normalized spacial score (nSPS) is 14.2. The number of hydrogen-bond acceptors (Lipinski definition) is 7. The van der Waals surface area contributed by atoms with Crippen LogP contribution in [0.15, 0.2) is 30.0 Å². The number of hydrogen-bond donors (Lipinski definition) is 0. The van der Waals surface area contributed by atoms with Gasteiger partial charge >= 0.3 is 5.97 Å². The average Bonchev–Trinajstić information content (AvgIpc) is 2.73. The van der Waals surface area contributed by atoms with Crippen LogP contribution in [0.25, 0.3) is 5.76 Å². The monoisotopic (exact) mass is 528 g/mol. The Balaban J connectivity index is 2.72. The minimum absolute atomic E-state index is 0.0150. The number of methoxy groups -OCH3 is 3. The Morgan fingerprint density at radius 2 is 1.53 bits per heavy atom. The standard InChI is InChI=1S/C24H44O7Si3/c1-18(17-32-24(30-33(5,6)7)31-34(8,9)10)15-16-29-23(25)22(28-4)21(27-3)19-13-11-12-14-20(19)26-2/h11-14,18,24H,15-17,32H2,1-10H3. The van der Waals surface area contributed by atoms with E-state index in [4.69, 9.17) is 27.8 Å². The van der Waals surface area contributed by atoms with Crippen LogP contribution in [0.5, 0.6) is 5.75 Å². The number of carbonyl (C=O) groups excluding carboxylic acids is 1. The summed E-state index contributed by atoms with van der Waals surface area (Å²) in [6.45, 7) is 15.7. The van der Waals surface area contributed by atoms with Crippen LogP contribution < -0.4 is 4.74 Å². The van der Waals surface area contributed by atoms with Gasteiger partial charge in [-0.15, -0.1) is 0 Å². The number of rotatable bonds is 15. The third-order valence-electron chi connectivity index (χ3n) is 4.86. The van der Waals surface area contributed by atoms with E-state index in [0.29, 0.717) is 23.8 Å². The van der Waals surface area contributed by atoms with Crippen molar-refractivity contribution in [3.8, 4) is 5.75 Å². The molecule has 1 rings (SSSR count). The highest BCUT2D eigenvalue weighted by Gasteiger charge is 2.27. The molecule has 34 heavy (non-hydrogen) atoms. The summed E-state index contributed by atoms with van der Waals surface area (Å²) in [6.07, 6.45) is 0.763. The molecule has 0 aromatic heterocycles. The van der Waals surface area contributed by atoms with Crippen LogP contribution in [0, 0.1) is 5.92 Å². The summed E-state index contributed by atoms with van der Waals surface area (Å²) in [4.78, 5) is 12.8. The summed E-state index contributed by atoms with van der Waals surface area (Å²) in [5.74, 6) is 0.689. The Hall–Kier alpha value is -1.60. The minimum atomic E-state index is -1.68. The van der Waals surface area contributed by atoms with Crippen LogP contribution in [0.2, 0.25) is 45.3 Å². The van der Waals surface area contributed by atoms with Crippen LogP contribution in [0.4, 0.5) is 0 Å². The van der Waals surface area contributed by atoms with Gasteiger partial charge in [0.2, 0.25) is 5.76 Å². The molecule has 0 bridgehead atoms. The van der Waals surface area contributed by atoms with E-state index in [1.54, 1.807) is 19.2 Å². The van der Waals surface area contributed by atoms with E-state index in [9.17, 15) is 4.79 Å². The highest BCUT2D eigenvalue weighted by molar-refractivity contribution is 6.71. The lowest BCUT2D eigenvalue weighted by Gasteiger charge is -2.32. The molecule has 1 unspecified atom stereocenters. The lowest BCUT2D eigenvalue weighted by Crippen LogP contribution is -2.43. The molecule has 0 heterocycles. The summed E-state index contributed by atoms with van der Waals surface area (Å²) in [7, 11) is 0.537. The fourth-order valence-corrected chi connectivity index (χ4v) is 10.2. The van der Waals surface area contributed by atoms with E-state index < -0.39 is 32.1 Å². The van der Waals surface area contributed by atoms with Gasteiger partial charge < -0.3 is 27.8 Å².